The van der Waals surface area contributed by atoms with E-state index in [4.69, 9.17) is 42.3 Å². The van der Waals surface area contributed by atoms with E-state index in [0.29, 0.717) is 41.2 Å². The summed E-state index contributed by atoms with van der Waals surface area (Å²) in [5.74, 6) is 0.153. The predicted octanol–water partition coefficient (Wildman–Crippen LogP) is 5.38. The van der Waals surface area contributed by atoms with E-state index < -0.39 is 17.7 Å². The second-order valence-corrected chi connectivity index (χ2v) is 7.28. The van der Waals surface area contributed by atoms with Crippen molar-refractivity contribution < 1.29 is 28.5 Å². The topological polar surface area (TPSA) is 99.0 Å². The van der Waals surface area contributed by atoms with Crippen molar-refractivity contribution in [1.82, 2.24) is 0 Å². The molecule has 1 amide bonds. The number of azo groups is 1. The molecule has 9 nitrogen and oxygen atoms in total. The number of Topliss-reactive ketones (excluding diaryl/α,β-unsaturated/α-hetero) is 1. The normalized spacial score (nSPS) is 11.7. The maximum Gasteiger partial charge on any atom is 0.276 e. The van der Waals surface area contributed by atoms with E-state index in [-0.39, 0.29) is 11.4 Å². The van der Waals surface area contributed by atoms with Crippen LogP contribution in [0.1, 0.15) is 20.8 Å². The zero-order valence-electron chi connectivity index (χ0n) is 18.9. The van der Waals surface area contributed by atoms with Gasteiger partial charge in [-0.15, -0.1) is 0 Å². The summed E-state index contributed by atoms with van der Waals surface area (Å²) in [5, 5.41) is 8.37. The van der Waals surface area contributed by atoms with Crippen molar-refractivity contribution >= 4 is 46.4 Å². The molecule has 178 valence electrons. The van der Waals surface area contributed by atoms with Crippen LogP contribution in [0.5, 0.6) is 23.0 Å². The average Bonchev–Trinajstić information content (AvgIpc) is 2.80. The van der Waals surface area contributed by atoms with Crippen molar-refractivity contribution in [3.05, 3.63) is 35.4 Å². The molecule has 2 aromatic rings. The van der Waals surface area contributed by atoms with Crippen LogP contribution in [-0.2, 0) is 9.59 Å². The van der Waals surface area contributed by atoms with Crippen molar-refractivity contribution in [1.29, 1.82) is 0 Å². The number of amides is 1. The lowest BCUT2D eigenvalue weighted by Crippen LogP contribution is -2.36. The Bertz CT molecular complexity index is 1010. The lowest BCUT2D eigenvalue weighted by atomic mass is 10.2. The molecule has 0 aliphatic heterocycles. The van der Waals surface area contributed by atoms with Crippen molar-refractivity contribution in [3.63, 3.8) is 0 Å². The Balaban J connectivity index is 2.40. The first-order chi connectivity index (χ1) is 15.7. The number of ketones is 1. The fraction of sp³-hybridized carbons (Fsp3) is 0.364. The summed E-state index contributed by atoms with van der Waals surface area (Å²) >= 11 is 12.5. The minimum atomic E-state index is -1.50. The number of carbonyl (C=O) groups excluding carboxylic acids is 2. The van der Waals surface area contributed by atoms with E-state index in [1.807, 2.05) is 0 Å². The third-order valence-corrected chi connectivity index (χ3v) is 4.93. The van der Waals surface area contributed by atoms with Gasteiger partial charge in [0, 0.05) is 42.1 Å². The lowest BCUT2D eigenvalue weighted by Gasteiger charge is -2.18. The number of rotatable bonds is 11. The number of methoxy groups -OCH3 is 2. The molecule has 0 aromatic heterocycles. The number of hydrogen-bond donors (Lipinski definition) is 0. The van der Waals surface area contributed by atoms with Gasteiger partial charge < -0.3 is 18.9 Å². The molecule has 0 N–H and O–H groups in total. The Kier molecular flexibility index (Phi) is 9.74. The van der Waals surface area contributed by atoms with Crippen LogP contribution in [0.15, 0.2) is 40.6 Å². The first-order valence-corrected chi connectivity index (χ1v) is 10.7. The summed E-state index contributed by atoms with van der Waals surface area (Å²) in [4.78, 5) is 25.2. The summed E-state index contributed by atoms with van der Waals surface area (Å²) in [6.45, 7) is 5.54. The summed E-state index contributed by atoms with van der Waals surface area (Å²) < 4.78 is 22.2. The number of benzene rings is 2. The van der Waals surface area contributed by atoms with Gasteiger partial charge in [-0.2, -0.15) is 10.2 Å². The lowest BCUT2D eigenvalue weighted by molar-refractivity contribution is -0.126. The molecule has 1 unspecified atom stereocenters. The molecule has 0 fully saturated rings. The van der Waals surface area contributed by atoms with Crippen molar-refractivity contribution in [2.75, 3.05) is 31.9 Å². The maximum atomic E-state index is 13.0. The molecule has 11 heteroatoms. The van der Waals surface area contributed by atoms with Crippen LogP contribution >= 0.6 is 23.4 Å². The molecule has 0 aliphatic carbocycles. The minimum Gasteiger partial charge on any atom is -0.497 e. The van der Waals surface area contributed by atoms with E-state index in [1.54, 1.807) is 19.9 Å². The van der Waals surface area contributed by atoms with Gasteiger partial charge in [-0.3, -0.25) is 9.59 Å². The molecule has 0 bridgehead atoms. The van der Waals surface area contributed by atoms with Gasteiger partial charge in [0.15, 0.2) is 5.78 Å². The van der Waals surface area contributed by atoms with Gasteiger partial charge in [-0.05, 0) is 20.8 Å². The zero-order valence-corrected chi connectivity index (χ0v) is 20.4. The Morgan fingerprint density at radius 3 is 2.06 bits per heavy atom. The van der Waals surface area contributed by atoms with Gasteiger partial charge in [-0.1, -0.05) is 11.6 Å². The molecule has 0 saturated carbocycles. The SMILES string of the molecule is CCOc1cc(N=NC(C(C)=O)C(=O)N(Cl)c2cc(OC)cc(OC)c2)c(OCC)cc1Cl. The fourth-order valence-electron chi connectivity index (χ4n) is 2.70. The van der Waals surface area contributed by atoms with Gasteiger partial charge in [0.2, 0.25) is 6.04 Å². The predicted molar refractivity (Wildman–Crippen MR) is 126 cm³/mol. The quantitative estimate of drug-likeness (QED) is 0.234. The van der Waals surface area contributed by atoms with Crippen LogP contribution in [0.3, 0.4) is 0 Å². The molecule has 2 aromatic carbocycles. The molecule has 0 spiro atoms. The van der Waals surface area contributed by atoms with Gasteiger partial charge in [0.25, 0.3) is 5.91 Å². The van der Waals surface area contributed by atoms with Crippen LogP contribution in [0, 0.1) is 0 Å². The molecule has 33 heavy (non-hydrogen) atoms. The third-order valence-electron chi connectivity index (χ3n) is 4.27. The third kappa shape index (κ3) is 6.72. The number of hydrogen-bond acceptors (Lipinski definition) is 8. The highest BCUT2D eigenvalue weighted by Crippen LogP contribution is 2.38. The monoisotopic (exact) mass is 497 g/mol. The highest BCUT2D eigenvalue weighted by Gasteiger charge is 2.29. The average molecular weight is 498 g/mol. The van der Waals surface area contributed by atoms with Crippen LogP contribution in [0.2, 0.25) is 5.02 Å². The molecular weight excluding hydrogens is 473 g/mol. The van der Waals surface area contributed by atoms with E-state index >= 15 is 0 Å². The number of halogens is 2. The van der Waals surface area contributed by atoms with E-state index in [0.717, 1.165) is 4.42 Å². The first-order valence-electron chi connectivity index (χ1n) is 9.98. The Labute approximate surface area is 202 Å². The van der Waals surface area contributed by atoms with Crippen LogP contribution in [0.4, 0.5) is 11.4 Å². The van der Waals surface area contributed by atoms with Crippen LogP contribution in [-0.4, -0.2) is 45.2 Å². The molecular formula is C22H25Cl2N3O6. The molecule has 0 radical (unpaired) electrons. The second kappa shape index (κ2) is 12.3. The van der Waals surface area contributed by atoms with Crippen LogP contribution in [0.25, 0.3) is 0 Å². The number of carbonyl (C=O) groups is 2. The molecule has 0 saturated heterocycles. The van der Waals surface area contributed by atoms with Gasteiger partial charge in [-0.25, -0.2) is 4.42 Å². The van der Waals surface area contributed by atoms with Crippen LogP contribution < -0.4 is 23.4 Å². The number of anilines is 1. The van der Waals surface area contributed by atoms with E-state index in [1.165, 1.54) is 45.4 Å². The Morgan fingerprint density at radius 1 is 0.970 bits per heavy atom. The standard InChI is InChI=1S/C22H25Cl2N3O6/c1-6-32-19-12-18(20(33-7-2)11-17(19)23)25-26-21(13(3)28)22(29)27(24)14-8-15(30-4)10-16(9-14)31-5/h8-12,21H,6-7H2,1-5H3. The van der Waals surface area contributed by atoms with Gasteiger partial charge >= 0.3 is 0 Å². The summed E-state index contributed by atoms with van der Waals surface area (Å²) in [6.07, 6.45) is 0. The molecule has 2 rings (SSSR count). The Morgan fingerprint density at radius 2 is 1.55 bits per heavy atom. The summed E-state index contributed by atoms with van der Waals surface area (Å²) in [7, 11) is 2.92. The smallest absolute Gasteiger partial charge is 0.276 e. The van der Waals surface area contributed by atoms with Crippen molar-refractivity contribution in [3.8, 4) is 23.0 Å². The Hall–Kier alpha value is -3.04. The summed E-state index contributed by atoms with van der Waals surface area (Å²) in [6, 6.07) is 6.21. The highest BCUT2D eigenvalue weighted by atomic mass is 35.5. The number of nitrogens with zero attached hydrogens (tertiary/aromatic N) is 3. The van der Waals surface area contributed by atoms with Crippen molar-refractivity contribution in [2.24, 2.45) is 10.2 Å². The molecule has 0 heterocycles. The molecule has 1 atom stereocenters. The van der Waals surface area contributed by atoms with E-state index in [2.05, 4.69) is 10.2 Å². The van der Waals surface area contributed by atoms with E-state index in [9.17, 15) is 9.59 Å². The zero-order chi connectivity index (χ0) is 24.5. The van der Waals surface area contributed by atoms with Crippen molar-refractivity contribution in [2.45, 2.75) is 26.8 Å². The van der Waals surface area contributed by atoms with Gasteiger partial charge in [0.05, 0.1) is 38.1 Å². The minimum absolute atomic E-state index is 0.236. The maximum absolute atomic E-state index is 13.0. The fourth-order valence-corrected chi connectivity index (χ4v) is 3.10. The summed E-state index contributed by atoms with van der Waals surface area (Å²) in [5.41, 5.74) is 0.479. The largest absolute Gasteiger partial charge is 0.497 e. The first kappa shape index (κ1) is 26.2. The molecule has 0 aliphatic rings. The second-order valence-electron chi connectivity index (χ2n) is 6.53. The number of ether oxygens (including phenoxy) is 4. The van der Waals surface area contributed by atoms with Gasteiger partial charge in [0.1, 0.15) is 28.7 Å². The highest BCUT2D eigenvalue weighted by molar-refractivity contribution is 6.39.